The summed E-state index contributed by atoms with van der Waals surface area (Å²) in [6.07, 6.45) is 12.7. The van der Waals surface area contributed by atoms with Gasteiger partial charge in [0.1, 0.15) is 6.71 Å². The number of allylic oxidation sites excluding steroid dienone is 2. The summed E-state index contributed by atoms with van der Waals surface area (Å²) < 4.78 is 0. The predicted molar refractivity (Wildman–Crippen MR) is 130 cm³/mol. The van der Waals surface area contributed by atoms with Gasteiger partial charge in [-0.2, -0.15) is 0 Å². The number of rotatable bonds is 2. The van der Waals surface area contributed by atoms with Gasteiger partial charge in [-0.25, -0.2) is 0 Å². The zero-order valence-corrected chi connectivity index (χ0v) is 18.5. The SMILES string of the molecule is CB(C1C(C)CC2c3ccccc3C=CC21)C1C2C=Cc3ccccc3C2C[C@H]1C. The second kappa shape index (κ2) is 7.01. The first-order valence-electron chi connectivity index (χ1n) is 12.2. The van der Waals surface area contributed by atoms with E-state index in [-0.39, 0.29) is 0 Å². The Hall–Kier alpha value is -2.02. The van der Waals surface area contributed by atoms with Gasteiger partial charge in [0.2, 0.25) is 0 Å². The van der Waals surface area contributed by atoms with E-state index in [1.807, 2.05) is 0 Å². The molecule has 6 rings (SSSR count). The van der Waals surface area contributed by atoms with Gasteiger partial charge in [-0.05, 0) is 70.6 Å². The third-order valence-corrected chi connectivity index (χ3v) is 9.38. The maximum atomic E-state index is 2.61. The first-order chi connectivity index (χ1) is 14.6. The lowest BCUT2D eigenvalue weighted by Crippen LogP contribution is -2.34. The zero-order valence-electron chi connectivity index (χ0n) is 18.5. The molecule has 30 heavy (non-hydrogen) atoms. The van der Waals surface area contributed by atoms with Crippen molar-refractivity contribution in [1.82, 2.24) is 0 Å². The highest BCUT2D eigenvalue weighted by Gasteiger charge is 2.52. The maximum absolute atomic E-state index is 2.61. The van der Waals surface area contributed by atoms with E-state index >= 15 is 0 Å². The minimum Gasteiger partial charge on any atom is -0.0856 e. The standard InChI is InChI=1S/C29H33B/c1-18-16-26-22-10-6-4-8-20(22)12-14-24(26)28(18)30(3)29-19(2)17-27-23-11-7-5-9-21(23)13-15-25(27)29/h4-15,18-19,24-29H,16-17H2,1-3H3/t18-,19?,24?,25?,26?,27?,28?,29?/m1/s1. The molecule has 8 atom stereocenters. The number of fused-ring (bicyclic) bond motifs is 6. The lowest BCUT2D eigenvalue weighted by atomic mass is 9.29. The van der Waals surface area contributed by atoms with Gasteiger partial charge in [0.05, 0.1) is 0 Å². The van der Waals surface area contributed by atoms with Crippen molar-refractivity contribution in [2.45, 2.75) is 57.0 Å². The first kappa shape index (κ1) is 18.7. The van der Waals surface area contributed by atoms with Crippen molar-refractivity contribution >= 4 is 18.9 Å². The second-order valence-electron chi connectivity index (χ2n) is 10.8. The lowest BCUT2D eigenvalue weighted by Gasteiger charge is -2.37. The summed E-state index contributed by atoms with van der Waals surface area (Å²) in [6.45, 7) is 8.46. The Kier molecular flexibility index (Phi) is 4.38. The van der Waals surface area contributed by atoms with Gasteiger partial charge in [-0.1, -0.05) is 105 Å². The molecule has 152 valence electrons. The van der Waals surface area contributed by atoms with Crippen LogP contribution < -0.4 is 0 Å². The van der Waals surface area contributed by atoms with E-state index in [2.05, 4.69) is 93.5 Å². The van der Waals surface area contributed by atoms with Crippen LogP contribution in [0.15, 0.2) is 60.7 Å². The molecule has 4 aliphatic rings. The quantitative estimate of drug-likeness (QED) is 0.458. The topological polar surface area (TPSA) is 0 Å². The molecule has 0 nitrogen and oxygen atoms in total. The minimum atomic E-state index is 0.719. The molecule has 7 unspecified atom stereocenters. The van der Waals surface area contributed by atoms with Gasteiger partial charge in [-0.15, -0.1) is 0 Å². The van der Waals surface area contributed by atoms with Gasteiger partial charge in [0.25, 0.3) is 0 Å². The van der Waals surface area contributed by atoms with E-state index < -0.39 is 0 Å². The van der Waals surface area contributed by atoms with E-state index in [1.165, 1.54) is 24.0 Å². The van der Waals surface area contributed by atoms with Crippen molar-refractivity contribution in [3.05, 3.63) is 82.9 Å². The average molecular weight is 392 g/mol. The summed E-state index contributed by atoms with van der Waals surface area (Å²) in [5.74, 6) is 6.10. The smallest absolute Gasteiger partial charge is 0.0856 e. The molecule has 0 amide bonds. The molecule has 2 fully saturated rings. The van der Waals surface area contributed by atoms with Crippen LogP contribution in [0.2, 0.25) is 18.5 Å². The molecule has 2 aromatic carbocycles. The lowest BCUT2D eigenvalue weighted by molar-refractivity contribution is 0.513. The van der Waals surface area contributed by atoms with Crippen molar-refractivity contribution in [3.63, 3.8) is 0 Å². The van der Waals surface area contributed by atoms with Gasteiger partial charge >= 0.3 is 0 Å². The highest BCUT2D eigenvalue weighted by Crippen LogP contribution is 2.62. The largest absolute Gasteiger partial charge is 0.145 e. The summed E-state index contributed by atoms with van der Waals surface area (Å²) in [5.41, 5.74) is 6.13. The zero-order chi connectivity index (χ0) is 20.4. The Labute approximate surface area is 182 Å². The number of benzene rings is 2. The van der Waals surface area contributed by atoms with E-state index in [0.717, 1.165) is 53.9 Å². The van der Waals surface area contributed by atoms with Crippen molar-refractivity contribution in [2.24, 2.45) is 23.7 Å². The molecular formula is C29H33B. The third kappa shape index (κ3) is 2.67. The summed E-state index contributed by atoms with van der Waals surface area (Å²) >= 11 is 0. The molecule has 0 aliphatic heterocycles. The molecule has 0 bridgehead atoms. The molecular weight excluding hydrogens is 359 g/mol. The molecule has 0 saturated heterocycles. The summed E-state index contributed by atoms with van der Waals surface area (Å²) in [7, 11) is 0. The molecule has 0 N–H and O–H groups in total. The Morgan fingerprint density at radius 3 is 1.57 bits per heavy atom. The van der Waals surface area contributed by atoms with Crippen LogP contribution in [-0.2, 0) is 0 Å². The highest BCUT2D eigenvalue weighted by molar-refractivity contribution is 6.61. The van der Waals surface area contributed by atoms with Crippen LogP contribution in [0.1, 0.15) is 60.8 Å². The van der Waals surface area contributed by atoms with Crippen LogP contribution in [0, 0.1) is 23.7 Å². The summed E-state index contributed by atoms with van der Waals surface area (Å²) in [4.78, 5) is 0. The molecule has 0 spiro atoms. The fraction of sp³-hybridized carbons (Fsp3) is 0.448. The molecule has 2 aromatic rings. The highest BCUT2D eigenvalue weighted by atomic mass is 14.5. The van der Waals surface area contributed by atoms with E-state index in [0.29, 0.717) is 0 Å². The van der Waals surface area contributed by atoms with Crippen molar-refractivity contribution in [2.75, 3.05) is 0 Å². The van der Waals surface area contributed by atoms with Crippen molar-refractivity contribution in [1.29, 1.82) is 0 Å². The molecule has 0 aromatic heterocycles. The monoisotopic (exact) mass is 392 g/mol. The second-order valence-corrected chi connectivity index (χ2v) is 10.8. The summed E-state index contributed by atoms with van der Waals surface area (Å²) in [6, 6.07) is 18.3. The van der Waals surface area contributed by atoms with Gasteiger partial charge in [0.15, 0.2) is 0 Å². The first-order valence-corrected chi connectivity index (χ1v) is 12.2. The predicted octanol–water partition coefficient (Wildman–Crippen LogP) is 7.78. The molecule has 0 radical (unpaired) electrons. The number of hydrogen-bond acceptors (Lipinski definition) is 0. The fourth-order valence-electron chi connectivity index (χ4n) is 8.34. The normalized spacial score (nSPS) is 38.0. The van der Waals surface area contributed by atoms with E-state index in [4.69, 9.17) is 0 Å². The Bertz CT molecular complexity index is 935. The third-order valence-electron chi connectivity index (χ3n) is 9.38. The van der Waals surface area contributed by atoms with E-state index in [1.54, 1.807) is 11.1 Å². The molecule has 0 heterocycles. The minimum absolute atomic E-state index is 0.719. The Morgan fingerprint density at radius 2 is 1.10 bits per heavy atom. The molecule has 4 aliphatic carbocycles. The van der Waals surface area contributed by atoms with Crippen LogP contribution in [0.5, 0.6) is 0 Å². The van der Waals surface area contributed by atoms with Crippen LogP contribution in [0.25, 0.3) is 12.2 Å². The molecule has 1 heteroatoms. The van der Waals surface area contributed by atoms with Crippen molar-refractivity contribution < 1.29 is 0 Å². The van der Waals surface area contributed by atoms with Gasteiger partial charge in [-0.3, -0.25) is 0 Å². The van der Waals surface area contributed by atoms with E-state index in [9.17, 15) is 0 Å². The van der Waals surface area contributed by atoms with Crippen LogP contribution in [0.4, 0.5) is 0 Å². The van der Waals surface area contributed by atoms with Gasteiger partial charge < -0.3 is 0 Å². The Balaban J connectivity index is 1.32. The van der Waals surface area contributed by atoms with Crippen LogP contribution >= 0.6 is 0 Å². The molecule has 2 saturated carbocycles. The fourth-order valence-corrected chi connectivity index (χ4v) is 8.34. The van der Waals surface area contributed by atoms with Crippen molar-refractivity contribution in [3.8, 4) is 0 Å². The van der Waals surface area contributed by atoms with Crippen LogP contribution in [-0.4, -0.2) is 6.71 Å². The van der Waals surface area contributed by atoms with Gasteiger partial charge in [0, 0.05) is 0 Å². The van der Waals surface area contributed by atoms with Crippen LogP contribution in [0.3, 0.4) is 0 Å². The Morgan fingerprint density at radius 1 is 0.667 bits per heavy atom. The summed E-state index contributed by atoms with van der Waals surface area (Å²) in [5, 5.41) is 0. The average Bonchev–Trinajstić information content (AvgIpc) is 3.29. The number of hydrogen-bond donors (Lipinski definition) is 0. The maximum Gasteiger partial charge on any atom is 0.145 e.